The first-order chi connectivity index (χ1) is 7.02. The molecule has 0 amide bonds. The fraction of sp³-hybridized carbons (Fsp3) is 0.400. The molecule has 0 spiro atoms. The van der Waals surface area contributed by atoms with Crippen molar-refractivity contribution in [2.45, 2.75) is 13.0 Å². The van der Waals surface area contributed by atoms with Crippen LogP contribution in [0, 0.1) is 0 Å². The molecule has 5 heteroatoms. The highest BCUT2D eigenvalue weighted by atomic mass is 79.9. The van der Waals surface area contributed by atoms with E-state index in [0.29, 0.717) is 21.5 Å². The largest absolute Gasteiger partial charge is 0.507 e. The number of benzene rings is 1. The average molecular weight is 277 g/mol. The van der Waals surface area contributed by atoms with Crippen LogP contribution in [0.15, 0.2) is 10.5 Å². The molecule has 2 N–H and O–H groups in total. The quantitative estimate of drug-likeness (QED) is 0.889. The van der Waals surface area contributed by atoms with Crippen LogP contribution in [-0.4, -0.2) is 24.4 Å². The smallest absolute Gasteiger partial charge is 0.175 e. The Kier molecular flexibility index (Phi) is 3.82. The van der Waals surface area contributed by atoms with Gasteiger partial charge in [0.1, 0.15) is 5.75 Å². The van der Waals surface area contributed by atoms with Crippen molar-refractivity contribution in [3.63, 3.8) is 0 Å². The molecule has 0 bridgehead atoms. The number of hydrogen-bond acceptors (Lipinski definition) is 4. The summed E-state index contributed by atoms with van der Waals surface area (Å²) < 4.78 is 10.7. The molecule has 0 fully saturated rings. The fourth-order valence-electron chi connectivity index (χ4n) is 1.35. The Morgan fingerprint density at radius 2 is 1.93 bits per heavy atom. The minimum atomic E-state index is -0.792. The Balaban J connectivity index is 3.44. The van der Waals surface area contributed by atoms with Gasteiger partial charge in [-0.2, -0.15) is 0 Å². The summed E-state index contributed by atoms with van der Waals surface area (Å²) in [5, 5.41) is 19.2. The molecule has 1 aromatic rings. The van der Waals surface area contributed by atoms with Crippen LogP contribution >= 0.6 is 15.9 Å². The predicted molar refractivity (Wildman–Crippen MR) is 59.5 cm³/mol. The van der Waals surface area contributed by atoms with Crippen molar-refractivity contribution < 1.29 is 19.7 Å². The molecular weight excluding hydrogens is 264 g/mol. The monoisotopic (exact) mass is 276 g/mol. The number of aliphatic hydroxyl groups excluding tert-OH is 1. The maximum Gasteiger partial charge on any atom is 0.175 e. The number of phenolic OH excluding ortho intramolecular Hbond substituents is 1. The number of ether oxygens (including phenoxy) is 2. The predicted octanol–water partition coefficient (Wildman–Crippen LogP) is 2.23. The van der Waals surface area contributed by atoms with Crippen molar-refractivity contribution in [2.75, 3.05) is 14.2 Å². The van der Waals surface area contributed by atoms with E-state index in [4.69, 9.17) is 9.47 Å². The van der Waals surface area contributed by atoms with Crippen LogP contribution in [0.2, 0.25) is 0 Å². The van der Waals surface area contributed by atoms with Crippen LogP contribution in [0.1, 0.15) is 18.6 Å². The third-order valence-electron chi connectivity index (χ3n) is 2.05. The number of aliphatic hydroxyl groups is 1. The normalized spacial score (nSPS) is 12.3. The molecule has 0 aliphatic carbocycles. The second kappa shape index (κ2) is 4.72. The molecule has 0 aromatic heterocycles. The van der Waals surface area contributed by atoms with Crippen LogP contribution < -0.4 is 9.47 Å². The standard InChI is InChI=1S/C10H13BrO4/c1-5(12)8-6(13)4-7(14-2)10(15-3)9(8)11/h4-5,12-13H,1-3H3. The Bertz CT molecular complexity index is 363. The second-order valence-electron chi connectivity index (χ2n) is 3.03. The topological polar surface area (TPSA) is 58.9 Å². The van der Waals surface area contributed by atoms with Gasteiger partial charge in [-0.05, 0) is 22.9 Å². The first kappa shape index (κ1) is 12.1. The zero-order chi connectivity index (χ0) is 11.6. The van der Waals surface area contributed by atoms with Crippen LogP contribution in [0.25, 0.3) is 0 Å². The highest BCUT2D eigenvalue weighted by molar-refractivity contribution is 9.10. The van der Waals surface area contributed by atoms with E-state index in [-0.39, 0.29) is 5.75 Å². The van der Waals surface area contributed by atoms with E-state index in [9.17, 15) is 10.2 Å². The molecule has 0 aliphatic heterocycles. The zero-order valence-corrected chi connectivity index (χ0v) is 10.3. The van der Waals surface area contributed by atoms with E-state index >= 15 is 0 Å². The molecule has 1 unspecified atom stereocenters. The minimum Gasteiger partial charge on any atom is -0.507 e. The fourth-order valence-corrected chi connectivity index (χ4v) is 2.24. The SMILES string of the molecule is COc1cc(O)c(C(C)O)c(Br)c1OC. The molecule has 0 heterocycles. The number of phenols is 1. The van der Waals surface area contributed by atoms with Gasteiger partial charge in [-0.1, -0.05) is 0 Å². The lowest BCUT2D eigenvalue weighted by Gasteiger charge is -2.16. The molecule has 0 aliphatic rings. The molecule has 15 heavy (non-hydrogen) atoms. The lowest BCUT2D eigenvalue weighted by atomic mass is 10.1. The van der Waals surface area contributed by atoms with Gasteiger partial charge >= 0.3 is 0 Å². The maximum atomic E-state index is 9.67. The van der Waals surface area contributed by atoms with Gasteiger partial charge in [0.25, 0.3) is 0 Å². The van der Waals surface area contributed by atoms with Gasteiger partial charge in [0, 0.05) is 11.6 Å². The Morgan fingerprint density at radius 1 is 1.33 bits per heavy atom. The molecular formula is C10H13BrO4. The molecule has 1 atom stereocenters. The summed E-state index contributed by atoms with van der Waals surface area (Å²) in [7, 11) is 2.97. The van der Waals surface area contributed by atoms with Crippen LogP contribution in [0.5, 0.6) is 17.2 Å². The van der Waals surface area contributed by atoms with Crippen LogP contribution in [0.3, 0.4) is 0 Å². The van der Waals surface area contributed by atoms with Gasteiger partial charge in [0.15, 0.2) is 11.5 Å². The molecule has 0 radical (unpaired) electrons. The van der Waals surface area contributed by atoms with E-state index in [1.54, 1.807) is 6.92 Å². The van der Waals surface area contributed by atoms with Crippen molar-refractivity contribution in [1.82, 2.24) is 0 Å². The van der Waals surface area contributed by atoms with Crippen molar-refractivity contribution in [1.29, 1.82) is 0 Å². The van der Waals surface area contributed by atoms with Crippen molar-refractivity contribution >= 4 is 15.9 Å². The summed E-state index contributed by atoms with van der Waals surface area (Å²) in [6.07, 6.45) is -0.792. The van der Waals surface area contributed by atoms with Gasteiger partial charge in [-0.25, -0.2) is 0 Å². The third-order valence-corrected chi connectivity index (χ3v) is 2.83. The van der Waals surface area contributed by atoms with Gasteiger partial charge in [0.2, 0.25) is 0 Å². The summed E-state index contributed by atoms with van der Waals surface area (Å²) in [6.45, 7) is 1.56. The van der Waals surface area contributed by atoms with Gasteiger partial charge in [-0.15, -0.1) is 0 Å². The average Bonchev–Trinajstić information content (AvgIpc) is 2.16. The highest BCUT2D eigenvalue weighted by Gasteiger charge is 2.20. The van der Waals surface area contributed by atoms with E-state index in [0.717, 1.165) is 0 Å². The van der Waals surface area contributed by atoms with E-state index in [1.165, 1.54) is 20.3 Å². The Hall–Kier alpha value is -0.940. The van der Waals surface area contributed by atoms with Gasteiger partial charge in [0.05, 0.1) is 24.8 Å². The van der Waals surface area contributed by atoms with Crippen molar-refractivity contribution in [2.24, 2.45) is 0 Å². The molecule has 84 valence electrons. The number of aromatic hydroxyl groups is 1. The minimum absolute atomic E-state index is 0.0328. The van der Waals surface area contributed by atoms with Crippen molar-refractivity contribution in [3.8, 4) is 17.2 Å². The van der Waals surface area contributed by atoms with Gasteiger partial charge < -0.3 is 19.7 Å². The summed E-state index contributed by atoms with van der Waals surface area (Å²) in [5.74, 6) is 0.826. The van der Waals surface area contributed by atoms with Gasteiger partial charge in [-0.3, -0.25) is 0 Å². The Morgan fingerprint density at radius 3 is 2.33 bits per heavy atom. The summed E-state index contributed by atoms with van der Waals surface area (Å²) in [6, 6.07) is 1.41. The lowest BCUT2D eigenvalue weighted by molar-refractivity contribution is 0.193. The Labute approximate surface area is 96.6 Å². The van der Waals surface area contributed by atoms with Crippen molar-refractivity contribution in [3.05, 3.63) is 16.1 Å². The summed E-state index contributed by atoms with van der Waals surface area (Å²) in [4.78, 5) is 0. The highest BCUT2D eigenvalue weighted by Crippen LogP contribution is 2.44. The molecule has 1 aromatic carbocycles. The number of rotatable bonds is 3. The lowest BCUT2D eigenvalue weighted by Crippen LogP contribution is -1.98. The summed E-state index contributed by atoms with van der Waals surface area (Å²) in [5.41, 5.74) is 0.382. The first-order valence-corrected chi connectivity index (χ1v) is 5.13. The third kappa shape index (κ3) is 2.18. The maximum absolute atomic E-state index is 9.67. The summed E-state index contributed by atoms with van der Waals surface area (Å²) >= 11 is 3.26. The van der Waals surface area contributed by atoms with E-state index in [2.05, 4.69) is 15.9 Å². The molecule has 1 rings (SSSR count). The number of halogens is 1. The van der Waals surface area contributed by atoms with Crippen LogP contribution in [0.4, 0.5) is 0 Å². The second-order valence-corrected chi connectivity index (χ2v) is 3.83. The van der Waals surface area contributed by atoms with E-state index in [1.807, 2.05) is 0 Å². The number of methoxy groups -OCH3 is 2. The van der Waals surface area contributed by atoms with Crippen LogP contribution in [-0.2, 0) is 0 Å². The van der Waals surface area contributed by atoms with E-state index < -0.39 is 6.10 Å². The molecule has 4 nitrogen and oxygen atoms in total. The zero-order valence-electron chi connectivity index (χ0n) is 8.74. The molecule has 0 saturated heterocycles. The molecule has 0 saturated carbocycles. The number of hydrogen-bond donors (Lipinski definition) is 2. The first-order valence-electron chi connectivity index (χ1n) is 4.34.